The number of hydrogen-bond acceptors (Lipinski definition) is 4. The molecule has 1 aromatic heterocycles. The third kappa shape index (κ3) is 4.05. The van der Waals surface area contributed by atoms with E-state index in [1.807, 2.05) is 0 Å². The minimum Gasteiger partial charge on any atom is -0.313 e. The molecule has 1 aromatic carbocycles. The number of pyridine rings is 1. The molecule has 2 aromatic rings. The van der Waals surface area contributed by atoms with Gasteiger partial charge in [-0.1, -0.05) is 28.9 Å². The van der Waals surface area contributed by atoms with Gasteiger partial charge in [0.05, 0.1) is 17.3 Å². The number of oxime groups is 1. The van der Waals surface area contributed by atoms with Gasteiger partial charge in [-0.2, -0.15) is 13.2 Å². The number of rotatable bonds is 3. The maximum atomic E-state index is 12.5. The van der Waals surface area contributed by atoms with E-state index in [1.165, 1.54) is 30.5 Å². The molecule has 22 heavy (non-hydrogen) atoms. The van der Waals surface area contributed by atoms with Crippen LogP contribution in [0.2, 0.25) is 5.15 Å². The van der Waals surface area contributed by atoms with Crippen LogP contribution in [0.5, 0.6) is 0 Å². The minimum absolute atomic E-state index is 0.00496. The van der Waals surface area contributed by atoms with Crippen LogP contribution in [-0.2, 0) is 11.0 Å². The van der Waals surface area contributed by atoms with Gasteiger partial charge in [-0.05, 0) is 29.8 Å². The Labute approximate surface area is 128 Å². The number of carbonyl (C=O) groups is 1. The van der Waals surface area contributed by atoms with Gasteiger partial charge >= 0.3 is 12.1 Å². The van der Waals surface area contributed by atoms with Gasteiger partial charge in [0.15, 0.2) is 0 Å². The van der Waals surface area contributed by atoms with E-state index in [4.69, 9.17) is 11.6 Å². The zero-order chi connectivity index (χ0) is 16.2. The van der Waals surface area contributed by atoms with Gasteiger partial charge in [0, 0.05) is 6.20 Å². The number of aromatic nitrogens is 1. The van der Waals surface area contributed by atoms with Crippen LogP contribution in [0.1, 0.15) is 21.5 Å². The van der Waals surface area contributed by atoms with E-state index in [1.54, 1.807) is 0 Å². The van der Waals surface area contributed by atoms with Gasteiger partial charge in [0.25, 0.3) is 0 Å². The van der Waals surface area contributed by atoms with Gasteiger partial charge < -0.3 is 4.84 Å². The summed E-state index contributed by atoms with van der Waals surface area (Å²) in [5.74, 6) is -0.860. The molecule has 2 rings (SSSR count). The quantitative estimate of drug-likeness (QED) is 0.371. The molecule has 0 atom stereocenters. The van der Waals surface area contributed by atoms with Crippen molar-refractivity contribution in [1.82, 2.24) is 4.98 Å². The fourth-order valence-corrected chi connectivity index (χ4v) is 1.71. The first-order valence-corrected chi connectivity index (χ1v) is 6.28. The standard InChI is InChI=1S/C14H8ClF3N2O2/c15-12-11(5-2-6-19-12)13(21)22-20-8-9-3-1-4-10(7-9)14(16,17)18/h1-8H/b20-8-. The Morgan fingerprint density at radius 1 is 1.27 bits per heavy atom. The minimum atomic E-state index is -4.45. The fraction of sp³-hybridized carbons (Fsp3) is 0.0714. The van der Waals surface area contributed by atoms with E-state index in [-0.39, 0.29) is 16.3 Å². The van der Waals surface area contributed by atoms with E-state index in [9.17, 15) is 18.0 Å². The number of alkyl halides is 3. The molecule has 4 nitrogen and oxygen atoms in total. The second kappa shape index (κ2) is 6.57. The Morgan fingerprint density at radius 3 is 2.73 bits per heavy atom. The average molecular weight is 329 g/mol. The second-order valence-corrected chi connectivity index (χ2v) is 4.44. The van der Waals surface area contributed by atoms with Crippen molar-refractivity contribution in [1.29, 1.82) is 0 Å². The highest BCUT2D eigenvalue weighted by Crippen LogP contribution is 2.29. The van der Waals surface area contributed by atoms with Crippen LogP contribution in [0, 0.1) is 0 Å². The zero-order valence-corrected chi connectivity index (χ0v) is 11.6. The monoisotopic (exact) mass is 328 g/mol. The molecule has 8 heteroatoms. The largest absolute Gasteiger partial charge is 0.416 e. The summed E-state index contributed by atoms with van der Waals surface area (Å²) < 4.78 is 37.6. The smallest absolute Gasteiger partial charge is 0.313 e. The van der Waals surface area contributed by atoms with Gasteiger partial charge in [0.1, 0.15) is 5.15 Å². The lowest BCUT2D eigenvalue weighted by atomic mass is 10.1. The number of nitrogens with zero attached hydrogens (tertiary/aromatic N) is 2. The first kappa shape index (κ1) is 16.0. The number of carbonyl (C=O) groups excluding carboxylic acids is 1. The van der Waals surface area contributed by atoms with Crippen molar-refractivity contribution >= 4 is 23.8 Å². The zero-order valence-electron chi connectivity index (χ0n) is 10.8. The summed E-state index contributed by atoms with van der Waals surface area (Å²) in [6.07, 6.45) is -2.06. The maximum absolute atomic E-state index is 12.5. The molecule has 0 saturated carbocycles. The van der Waals surface area contributed by atoms with E-state index in [0.717, 1.165) is 18.3 Å². The third-order valence-corrected chi connectivity index (χ3v) is 2.83. The van der Waals surface area contributed by atoms with E-state index < -0.39 is 17.7 Å². The lowest BCUT2D eigenvalue weighted by Gasteiger charge is -2.06. The summed E-state index contributed by atoms with van der Waals surface area (Å²) in [4.78, 5) is 19.9. The normalized spacial score (nSPS) is 11.6. The van der Waals surface area contributed by atoms with Crippen molar-refractivity contribution in [3.8, 4) is 0 Å². The average Bonchev–Trinajstić information content (AvgIpc) is 2.47. The van der Waals surface area contributed by atoms with Crippen molar-refractivity contribution in [2.24, 2.45) is 5.16 Å². The van der Waals surface area contributed by atoms with Gasteiger partial charge in [0.2, 0.25) is 0 Å². The summed E-state index contributed by atoms with van der Waals surface area (Å²) in [5.41, 5.74) is -0.677. The SMILES string of the molecule is O=C(O/N=C\c1cccc(C(F)(F)F)c1)c1cccnc1Cl. The van der Waals surface area contributed by atoms with Crippen molar-refractivity contribution in [2.45, 2.75) is 6.18 Å². The predicted molar refractivity (Wildman–Crippen MR) is 73.7 cm³/mol. The molecule has 0 aliphatic rings. The number of benzene rings is 1. The molecule has 0 bridgehead atoms. The fourth-order valence-electron chi connectivity index (χ4n) is 1.52. The number of hydrogen-bond donors (Lipinski definition) is 0. The summed E-state index contributed by atoms with van der Waals surface area (Å²) in [5, 5.41) is 3.30. The molecule has 1 heterocycles. The van der Waals surface area contributed by atoms with Crippen LogP contribution in [0.25, 0.3) is 0 Å². The third-order valence-electron chi connectivity index (χ3n) is 2.53. The summed E-state index contributed by atoms with van der Waals surface area (Å²) in [6.45, 7) is 0. The number of halogens is 4. The lowest BCUT2D eigenvalue weighted by Crippen LogP contribution is -2.05. The lowest BCUT2D eigenvalue weighted by molar-refractivity contribution is -0.137. The van der Waals surface area contributed by atoms with Gasteiger partial charge in [-0.3, -0.25) is 0 Å². The van der Waals surface area contributed by atoms with E-state index in [2.05, 4.69) is 15.0 Å². The second-order valence-electron chi connectivity index (χ2n) is 4.08. The molecule has 0 saturated heterocycles. The molecule has 0 aliphatic heterocycles. The molecule has 0 spiro atoms. The Morgan fingerprint density at radius 2 is 2.05 bits per heavy atom. The highest BCUT2D eigenvalue weighted by molar-refractivity contribution is 6.32. The molecule has 114 valence electrons. The van der Waals surface area contributed by atoms with Gasteiger partial charge in [-0.25, -0.2) is 9.78 Å². The molecule has 0 N–H and O–H groups in total. The molecule has 0 radical (unpaired) electrons. The van der Waals surface area contributed by atoms with Crippen LogP contribution >= 0.6 is 11.6 Å². The van der Waals surface area contributed by atoms with E-state index in [0.29, 0.717) is 0 Å². The van der Waals surface area contributed by atoms with Crippen LogP contribution in [0.4, 0.5) is 13.2 Å². The Kier molecular flexibility index (Phi) is 4.77. The molecule has 0 unspecified atom stereocenters. The first-order chi connectivity index (χ1) is 10.4. The van der Waals surface area contributed by atoms with Crippen molar-refractivity contribution in [3.63, 3.8) is 0 Å². The van der Waals surface area contributed by atoms with E-state index >= 15 is 0 Å². The molecular weight excluding hydrogens is 321 g/mol. The van der Waals surface area contributed by atoms with Crippen molar-refractivity contribution in [3.05, 3.63) is 64.4 Å². The molecule has 0 aliphatic carbocycles. The topological polar surface area (TPSA) is 51.5 Å². The highest BCUT2D eigenvalue weighted by Gasteiger charge is 2.30. The maximum Gasteiger partial charge on any atom is 0.416 e. The summed E-state index contributed by atoms with van der Waals surface area (Å²) in [6, 6.07) is 7.30. The summed E-state index contributed by atoms with van der Waals surface area (Å²) in [7, 11) is 0. The Bertz CT molecular complexity index is 717. The Balaban J connectivity index is 2.07. The Hall–Kier alpha value is -2.41. The van der Waals surface area contributed by atoms with Gasteiger partial charge in [-0.15, -0.1) is 0 Å². The van der Waals surface area contributed by atoms with Crippen LogP contribution < -0.4 is 0 Å². The van der Waals surface area contributed by atoms with Crippen LogP contribution in [0.3, 0.4) is 0 Å². The predicted octanol–water partition coefficient (Wildman–Crippen LogP) is 3.94. The molecular formula is C14H8ClF3N2O2. The van der Waals surface area contributed by atoms with Crippen LogP contribution in [0.15, 0.2) is 47.8 Å². The van der Waals surface area contributed by atoms with Crippen molar-refractivity contribution < 1.29 is 22.8 Å². The van der Waals surface area contributed by atoms with Crippen molar-refractivity contribution in [2.75, 3.05) is 0 Å². The highest BCUT2D eigenvalue weighted by atomic mass is 35.5. The summed E-state index contributed by atoms with van der Waals surface area (Å²) >= 11 is 5.70. The molecule has 0 fully saturated rings. The molecule has 0 amide bonds. The van der Waals surface area contributed by atoms with Crippen LogP contribution in [-0.4, -0.2) is 17.2 Å². The first-order valence-electron chi connectivity index (χ1n) is 5.90.